The number of aliphatic hydroxyl groups excluding tert-OH is 4. The maximum Gasteiger partial charge on any atom is 0.115 e. The summed E-state index contributed by atoms with van der Waals surface area (Å²) in [6.45, 7) is 4.64. The number of ether oxygens (including phenoxy) is 2. The summed E-state index contributed by atoms with van der Waals surface area (Å²) in [5.74, 6) is 0. The van der Waals surface area contributed by atoms with E-state index in [-0.39, 0.29) is 13.2 Å². The zero-order valence-electron chi connectivity index (χ0n) is 23.1. The largest absolute Gasteiger partial charge is 0.394 e. The lowest BCUT2D eigenvalue weighted by Crippen LogP contribution is -2.50. The SMILES string of the molecule is CCCCCCCn1cc(CO[C@@H]([C@H](OCc2cn(CCCCCCC)nn2)[C@H](O)CO)[C@H](O)CO)nn1. The van der Waals surface area contributed by atoms with Crippen molar-refractivity contribution in [2.45, 2.75) is 129 Å². The third-order valence-electron chi connectivity index (χ3n) is 6.46. The van der Waals surface area contributed by atoms with Gasteiger partial charge in [-0.05, 0) is 12.8 Å². The van der Waals surface area contributed by atoms with Gasteiger partial charge < -0.3 is 29.9 Å². The van der Waals surface area contributed by atoms with Crippen molar-refractivity contribution in [3.8, 4) is 0 Å². The van der Waals surface area contributed by atoms with E-state index in [0.717, 1.165) is 38.8 Å². The van der Waals surface area contributed by atoms with Crippen LogP contribution in [-0.4, -0.2) is 88.0 Å². The molecule has 0 fully saturated rings. The molecule has 0 aliphatic carbocycles. The van der Waals surface area contributed by atoms with Crippen molar-refractivity contribution in [1.82, 2.24) is 30.0 Å². The highest BCUT2D eigenvalue weighted by molar-refractivity contribution is 4.93. The lowest BCUT2D eigenvalue weighted by atomic mass is 10.0. The fourth-order valence-corrected chi connectivity index (χ4v) is 4.20. The smallest absolute Gasteiger partial charge is 0.115 e. The van der Waals surface area contributed by atoms with Gasteiger partial charge in [-0.15, -0.1) is 10.2 Å². The molecule has 2 rings (SSSR count). The first-order valence-corrected chi connectivity index (χ1v) is 14.1. The fraction of sp³-hybridized carbons (Fsp3) is 0.846. The Morgan fingerprint density at radius 1 is 0.658 bits per heavy atom. The number of nitrogens with zero attached hydrogens (tertiary/aromatic N) is 6. The van der Waals surface area contributed by atoms with E-state index in [1.54, 1.807) is 21.8 Å². The van der Waals surface area contributed by atoms with Gasteiger partial charge >= 0.3 is 0 Å². The van der Waals surface area contributed by atoms with E-state index in [1.807, 2.05) is 0 Å². The average molecular weight is 541 g/mol. The second kappa shape index (κ2) is 19.2. The maximum atomic E-state index is 10.4. The Bertz CT molecular complexity index is 782. The summed E-state index contributed by atoms with van der Waals surface area (Å²) in [5.41, 5.74) is 1.10. The van der Waals surface area contributed by atoms with Crippen molar-refractivity contribution >= 4 is 0 Å². The molecule has 0 amide bonds. The average Bonchev–Trinajstić information content (AvgIpc) is 3.58. The molecule has 0 radical (unpaired) electrons. The zero-order chi connectivity index (χ0) is 27.6. The van der Waals surface area contributed by atoms with Crippen molar-refractivity contribution < 1.29 is 29.9 Å². The van der Waals surface area contributed by atoms with Gasteiger partial charge in [-0.25, -0.2) is 0 Å². The van der Waals surface area contributed by atoms with E-state index >= 15 is 0 Å². The lowest BCUT2D eigenvalue weighted by Gasteiger charge is -2.32. The van der Waals surface area contributed by atoms with Crippen molar-refractivity contribution in [3.05, 3.63) is 23.8 Å². The van der Waals surface area contributed by atoms with Crippen LogP contribution >= 0.6 is 0 Å². The van der Waals surface area contributed by atoms with Crippen LogP contribution in [0.3, 0.4) is 0 Å². The predicted octanol–water partition coefficient (Wildman–Crippen LogP) is 1.99. The Morgan fingerprint density at radius 3 is 1.42 bits per heavy atom. The molecule has 0 saturated carbocycles. The first-order chi connectivity index (χ1) is 18.5. The predicted molar refractivity (Wildman–Crippen MR) is 141 cm³/mol. The van der Waals surface area contributed by atoms with Gasteiger partial charge in [0, 0.05) is 13.1 Å². The minimum atomic E-state index is -1.35. The number of unbranched alkanes of at least 4 members (excludes halogenated alkanes) is 8. The molecule has 2 heterocycles. The van der Waals surface area contributed by atoms with Crippen LogP contribution in [0.1, 0.15) is 89.4 Å². The Balaban J connectivity index is 1.92. The van der Waals surface area contributed by atoms with E-state index in [2.05, 4.69) is 34.5 Å². The molecule has 2 aromatic heterocycles. The molecule has 4 N–H and O–H groups in total. The van der Waals surface area contributed by atoms with Crippen molar-refractivity contribution in [1.29, 1.82) is 0 Å². The van der Waals surface area contributed by atoms with Gasteiger partial charge in [0.1, 0.15) is 35.8 Å². The van der Waals surface area contributed by atoms with Gasteiger partial charge in [-0.2, -0.15) is 0 Å². The monoisotopic (exact) mass is 540 g/mol. The molecule has 0 bridgehead atoms. The van der Waals surface area contributed by atoms with Crippen molar-refractivity contribution in [2.24, 2.45) is 0 Å². The van der Waals surface area contributed by atoms with Crippen LogP contribution in [0.15, 0.2) is 12.4 Å². The first kappa shape index (κ1) is 32.3. The number of aromatic nitrogens is 6. The number of hydrogen-bond acceptors (Lipinski definition) is 10. The van der Waals surface area contributed by atoms with Crippen LogP contribution < -0.4 is 0 Å². The summed E-state index contributed by atoms with van der Waals surface area (Å²) in [5, 5.41) is 56.6. The molecule has 0 aromatic carbocycles. The van der Waals surface area contributed by atoms with Crippen molar-refractivity contribution in [2.75, 3.05) is 13.2 Å². The normalized spacial score (nSPS) is 15.0. The van der Waals surface area contributed by atoms with Crippen LogP contribution in [0.5, 0.6) is 0 Å². The van der Waals surface area contributed by atoms with Gasteiger partial charge in [-0.1, -0.05) is 75.6 Å². The molecule has 218 valence electrons. The molecule has 0 aliphatic rings. The highest BCUT2D eigenvalue weighted by Gasteiger charge is 2.35. The minimum Gasteiger partial charge on any atom is -0.394 e. The number of aryl methyl sites for hydroxylation is 2. The summed E-state index contributed by atoms with van der Waals surface area (Å²) in [4.78, 5) is 0. The summed E-state index contributed by atoms with van der Waals surface area (Å²) >= 11 is 0. The summed E-state index contributed by atoms with van der Waals surface area (Å²) in [6, 6.07) is 0. The molecular formula is C26H48N6O6. The molecule has 0 aliphatic heterocycles. The summed E-state index contributed by atoms with van der Waals surface area (Å²) < 4.78 is 15.2. The molecule has 12 heteroatoms. The van der Waals surface area contributed by atoms with Gasteiger partial charge in [0.15, 0.2) is 0 Å². The number of aliphatic hydroxyl groups is 4. The van der Waals surface area contributed by atoms with Gasteiger partial charge in [0.05, 0.1) is 38.8 Å². The molecule has 0 spiro atoms. The topological polar surface area (TPSA) is 161 Å². The Hall–Kier alpha value is -1.96. The van der Waals surface area contributed by atoms with Crippen LogP contribution in [0.25, 0.3) is 0 Å². The van der Waals surface area contributed by atoms with E-state index in [1.165, 1.54) is 38.5 Å². The minimum absolute atomic E-state index is 0.0101. The second-order valence-electron chi connectivity index (χ2n) is 9.83. The quantitative estimate of drug-likeness (QED) is 0.153. The Labute approximate surface area is 226 Å². The second-order valence-corrected chi connectivity index (χ2v) is 9.83. The third-order valence-corrected chi connectivity index (χ3v) is 6.46. The van der Waals surface area contributed by atoms with Crippen LogP contribution in [-0.2, 0) is 35.8 Å². The van der Waals surface area contributed by atoms with E-state index in [0.29, 0.717) is 11.4 Å². The molecule has 2 aromatic rings. The Morgan fingerprint density at radius 2 is 1.05 bits per heavy atom. The van der Waals surface area contributed by atoms with E-state index < -0.39 is 37.6 Å². The van der Waals surface area contributed by atoms with Gasteiger partial charge in [0.2, 0.25) is 0 Å². The first-order valence-electron chi connectivity index (χ1n) is 14.1. The molecule has 0 saturated heterocycles. The molecule has 12 nitrogen and oxygen atoms in total. The van der Waals surface area contributed by atoms with Gasteiger partial charge in [0.25, 0.3) is 0 Å². The zero-order valence-corrected chi connectivity index (χ0v) is 23.1. The summed E-state index contributed by atoms with van der Waals surface area (Å²) in [6.07, 6.45) is 10.1. The van der Waals surface area contributed by atoms with Gasteiger partial charge in [-0.3, -0.25) is 9.36 Å². The molecule has 4 atom stereocenters. The van der Waals surface area contributed by atoms with E-state index in [4.69, 9.17) is 9.47 Å². The van der Waals surface area contributed by atoms with Crippen LogP contribution in [0, 0.1) is 0 Å². The highest BCUT2D eigenvalue weighted by Crippen LogP contribution is 2.17. The summed E-state index contributed by atoms with van der Waals surface area (Å²) in [7, 11) is 0. The molecule has 38 heavy (non-hydrogen) atoms. The number of hydrogen-bond donors (Lipinski definition) is 4. The van der Waals surface area contributed by atoms with E-state index in [9.17, 15) is 20.4 Å². The van der Waals surface area contributed by atoms with Crippen LogP contribution in [0.4, 0.5) is 0 Å². The lowest BCUT2D eigenvalue weighted by molar-refractivity contribution is -0.178. The Kier molecular flexibility index (Phi) is 16.3. The third kappa shape index (κ3) is 11.8. The van der Waals surface area contributed by atoms with Crippen molar-refractivity contribution in [3.63, 3.8) is 0 Å². The highest BCUT2D eigenvalue weighted by atomic mass is 16.6. The molecular weight excluding hydrogens is 492 g/mol. The number of rotatable bonds is 23. The fourth-order valence-electron chi connectivity index (χ4n) is 4.20. The standard InChI is InChI=1S/C26H48N6O6/c1-3-5-7-9-11-13-31-15-21(27-29-31)19-37-25(23(35)17-33)26(24(36)18-34)38-20-22-16-32(30-28-22)14-12-10-8-6-4-2/h15-16,23-26,33-36H,3-14,17-20H2,1-2H3/t23-,24-,25-,26-/m1/s1. The molecule has 0 unspecified atom stereocenters. The maximum absolute atomic E-state index is 10.4. The van der Waals surface area contributed by atoms with Crippen LogP contribution in [0.2, 0.25) is 0 Å².